The van der Waals surface area contributed by atoms with Crippen molar-refractivity contribution in [2.75, 3.05) is 34.2 Å². The molecule has 0 saturated carbocycles. The molecule has 1 aliphatic rings. The van der Waals surface area contributed by atoms with Gasteiger partial charge in [-0.3, -0.25) is 4.98 Å². The van der Waals surface area contributed by atoms with Crippen molar-refractivity contribution in [3.05, 3.63) is 36.2 Å². The van der Waals surface area contributed by atoms with Crippen LogP contribution in [0.2, 0.25) is 0 Å². The van der Waals surface area contributed by atoms with E-state index in [0.717, 1.165) is 46.6 Å². The fourth-order valence-corrected chi connectivity index (χ4v) is 3.02. The minimum absolute atomic E-state index is 0.130. The molecule has 2 heterocycles. The Morgan fingerprint density at radius 2 is 2.18 bits per heavy atom. The number of pyridine rings is 1. The molecule has 0 saturated heterocycles. The van der Waals surface area contributed by atoms with E-state index in [1.54, 1.807) is 6.20 Å². The SMILES string of the molecule is CN(C)CCC1CN(C)C(=S)c2ccc3cnccc3c2O1. The van der Waals surface area contributed by atoms with E-state index in [1.165, 1.54) is 0 Å². The smallest absolute Gasteiger partial charge is 0.137 e. The summed E-state index contributed by atoms with van der Waals surface area (Å²) in [6, 6.07) is 6.11. The van der Waals surface area contributed by atoms with Gasteiger partial charge < -0.3 is 14.5 Å². The molecule has 116 valence electrons. The van der Waals surface area contributed by atoms with Crippen LogP contribution in [0.15, 0.2) is 30.6 Å². The lowest BCUT2D eigenvalue weighted by Crippen LogP contribution is -2.35. The molecule has 4 nitrogen and oxygen atoms in total. The standard InChI is InChI=1S/C17H21N3OS/c1-19(2)9-7-13-11-20(3)17(22)15-5-4-12-10-18-8-6-14(12)16(15)21-13/h4-6,8,10,13H,7,9,11H2,1-3H3. The van der Waals surface area contributed by atoms with Crippen LogP contribution >= 0.6 is 12.2 Å². The van der Waals surface area contributed by atoms with E-state index in [0.29, 0.717) is 0 Å². The highest BCUT2D eigenvalue weighted by atomic mass is 32.1. The van der Waals surface area contributed by atoms with Crippen molar-refractivity contribution in [1.82, 2.24) is 14.8 Å². The van der Waals surface area contributed by atoms with E-state index in [9.17, 15) is 0 Å². The van der Waals surface area contributed by atoms with Crippen LogP contribution < -0.4 is 4.74 Å². The molecular formula is C17H21N3OS. The average molecular weight is 315 g/mol. The molecule has 1 aromatic heterocycles. The van der Waals surface area contributed by atoms with Crippen molar-refractivity contribution in [2.45, 2.75) is 12.5 Å². The van der Waals surface area contributed by atoms with Gasteiger partial charge in [0, 0.05) is 36.8 Å². The lowest BCUT2D eigenvalue weighted by atomic mass is 10.1. The van der Waals surface area contributed by atoms with Gasteiger partial charge in [0.05, 0.1) is 12.1 Å². The maximum Gasteiger partial charge on any atom is 0.137 e. The van der Waals surface area contributed by atoms with Crippen molar-refractivity contribution in [3.8, 4) is 5.75 Å². The molecule has 1 aliphatic heterocycles. The number of ether oxygens (including phenoxy) is 1. The van der Waals surface area contributed by atoms with Gasteiger partial charge in [-0.1, -0.05) is 18.3 Å². The number of rotatable bonds is 3. The molecule has 0 fully saturated rings. The molecule has 1 unspecified atom stereocenters. The Kier molecular flexibility index (Phi) is 4.27. The molecule has 0 radical (unpaired) electrons. The molecule has 0 amide bonds. The highest BCUT2D eigenvalue weighted by Crippen LogP contribution is 2.33. The summed E-state index contributed by atoms with van der Waals surface area (Å²) < 4.78 is 6.38. The maximum absolute atomic E-state index is 6.38. The van der Waals surface area contributed by atoms with Gasteiger partial charge in [0.15, 0.2) is 0 Å². The molecule has 0 N–H and O–H groups in total. The first-order valence-corrected chi connectivity index (χ1v) is 7.90. The van der Waals surface area contributed by atoms with E-state index in [2.05, 4.69) is 34.9 Å². The first-order chi connectivity index (χ1) is 10.6. The second-order valence-electron chi connectivity index (χ2n) is 6.06. The monoisotopic (exact) mass is 315 g/mol. The van der Waals surface area contributed by atoms with Crippen LogP contribution in [-0.2, 0) is 0 Å². The Hall–Kier alpha value is -1.72. The minimum Gasteiger partial charge on any atom is -0.487 e. The Bertz CT molecular complexity index is 701. The zero-order chi connectivity index (χ0) is 15.7. The molecule has 0 bridgehead atoms. The predicted octanol–water partition coefficient (Wildman–Crippen LogP) is 2.55. The van der Waals surface area contributed by atoms with Gasteiger partial charge in [0.1, 0.15) is 16.8 Å². The summed E-state index contributed by atoms with van der Waals surface area (Å²) in [6.45, 7) is 1.81. The lowest BCUT2D eigenvalue weighted by molar-refractivity contribution is 0.162. The Morgan fingerprint density at radius 3 is 2.95 bits per heavy atom. The largest absolute Gasteiger partial charge is 0.487 e. The first kappa shape index (κ1) is 15.2. The summed E-state index contributed by atoms with van der Waals surface area (Å²) in [4.78, 5) is 9.34. The third-order valence-electron chi connectivity index (χ3n) is 4.01. The van der Waals surface area contributed by atoms with Crippen LogP contribution in [0.3, 0.4) is 0 Å². The van der Waals surface area contributed by atoms with E-state index in [-0.39, 0.29) is 6.10 Å². The molecular weight excluding hydrogens is 294 g/mol. The van der Waals surface area contributed by atoms with Crippen LogP contribution in [0.4, 0.5) is 0 Å². The van der Waals surface area contributed by atoms with Crippen LogP contribution in [0, 0.1) is 0 Å². The number of hydrogen-bond acceptors (Lipinski definition) is 4. The molecule has 1 atom stereocenters. The highest BCUT2D eigenvalue weighted by Gasteiger charge is 2.25. The van der Waals surface area contributed by atoms with Gasteiger partial charge in [-0.05, 0) is 32.6 Å². The van der Waals surface area contributed by atoms with Gasteiger partial charge >= 0.3 is 0 Å². The van der Waals surface area contributed by atoms with E-state index in [1.807, 2.05) is 25.4 Å². The number of thiocarbonyl (C=S) groups is 1. The number of fused-ring (bicyclic) bond motifs is 3. The van der Waals surface area contributed by atoms with Crippen LogP contribution in [0.25, 0.3) is 10.8 Å². The van der Waals surface area contributed by atoms with Crippen molar-refractivity contribution in [3.63, 3.8) is 0 Å². The first-order valence-electron chi connectivity index (χ1n) is 7.50. The fraction of sp³-hybridized carbons (Fsp3) is 0.412. The topological polar surface area (TPSA) is 28.6 Å². The summed E-state index contributed by atoms with van der Waals surface area (Å²) in [5, 5.41) is 2.17. The Labute approximate surface area is 136 Å². The summed E-state index contributed by atoms with van der Waals surface area (Å²) in [5.74, 6) is 0.901. The number of hydrogen-bond donors (Lipinski definition) is 0. The number of likely N-dealkylation sites (N-methyl/N-ethyl adjacent to an activating group) is 1. The Balaban J connectivity index is 2.03. The van der Waals surface area contributed by atoms with Crippen molar-refractivity contribution in [1.29, 1.82) is 0 Å². The number of aromatic nitrogens is 1. The average Bonchev–Trinajstić information content (AvgIpc) is 2.63. The molecule has 22 heavy (non-hydrogen) atoms. The van der Waals surface area contributed by atoms with Gasteiger partial charge in [-0.15, -0.1) is 0 Å². The summed E-state index contributed by atoms with van der Waals surface area (Å²) in [6.07, 6.45) is 4.77. The van der Waals surface area contributed by atoms with Crippen molar-refractivity contribution >= 4 is 28.0 Å². The molecule has 3 rings (SSSR count). The van der Waals surface area contributed by atoms with Crippen LogP contribution in [-0.4, -0.2) is 60.1 Å². The maximum atomic E-state index is 6.38. The van der Waals surface area contributed by atoms with Crippen LogP contribution in [0.5, 0.6) is 5.75 Å². The second-order valence-corrected chi connectivity index (χ2v) is 6.44. The lowest BCUT2D eigenvalue weighted by Gasteiger charge is -2.23. The number of nitrogens with zero attached hydrogens (tertiary/aromatic N) is 3. The Morgan fingerprint density at radius 1 is 1.36 bits per heavy atom. The molecule has 1 aromatic carbocycles. The zero-order valence-electron chi connectivity index (χ0n) is 13.2. The third-order valence-corrected chi connectivity index (χ3v) is 4.54. The van der Waals surface area contributed by atoms with Gasteiger partial charge in [0.25, 0.3) is 0 Å². The highest BCUT2D eigenvalue weighted by molar-refractivity contribution is 7.80. The predicted molar refractivity (Wildman–Crippen MR) is 93.7 cm³/mol. The summed E-state index contributed by atoms with van der Waals surface area (Å²) in [5.41, 5.74) is 1.00. The fourth-order valence-electron chi connectivity index (χ4n) is 2.79. The number of benzene rings is 1. The normalized spacial score (nSPS) is 18.3. The third kappa shape index (κ3) is 2.91. The van der Waals surface area contributed by atoms with Gasteiger partial charge in [-0.2, -0.15) is 0 Å². The van der Waals surface area contributed by atoms with E-state index >= 15 is 0 Å². The van der Waals surface area contributed by atoms with Crippen molar-refractivity contribution in [2.24, 2.45) is 0 Å². The van der Waals surface area contributed by atoms with Crippen LogP contribution in [0.1, 0.15) is 12.0 Å². The van der Waals surface area contributed by atoms with Crippen molar-refractivity contribution < 1.29 is 4.74 Å². The summed E-state index contributed by atoms with van der Waals surface area (Å²) >= 11 is 5.64. The second kappa shape index (κ2) is 6.18. The molecule has 5 heteroatoms. The molecule has 0 aliphatic carbocycles. The summed E-state index contributed by atoms with van der Waals surface area (Å²) in [7, 11) is 6.21. The van der Waals surface area contributed by atoms with Gasteiger partial charge in [-0.25, -0.2) is 0 Å². The van der Waals surface area contributed by atoms with E-state index in [4.69, 9.17) is 17.0 Å². The zero-order valence-corrected chi connectivity index (χ0v) is 14.1. The quantitative estimate of drug-likeness (QED) is 0.812. The minimum atomic E-state index is 0.130. The molecule has 2 aromatic rings. The molecule has 0 spiro atoms. The van der Waals surface area contributed by atoms with Gasteiger partial charge in [0.2, 0.25) is 0 Å². The van der Waals surface area contributed by atoms with E-state index < -0.39 is 0 Å².